The Kier molecular flexibility index (Phi) is 3.83. The van der Waals surface area contributed by atoms with E-state index in [9.17, 15) is 4.79 Å². The highest BCUT2D eigenvalue weighted by Crippen LogP contribution is 2.29. The Morgan fingerprint density at radius 3 is 3.00 bits per heavy atom. The fraction of sp³-hybridized carbons (Fsp3) is 0.471. The predicted molar refractivity (Wildman–Crippen MR) is 84.2 cm³/mol. The average molecular weight is 312 g/mol. The molecule has 0 radical (unpaired) electrons. The molecular weight excluding hydrogens is 292 g/mol. The number of benzene rings is 1. The van der Waals surface area contributed by atoms with Crippen LogP contribution in [0.25, 0.3) is 5.69 Å². The highest BCUT2D eigenvalue weighted by Gasteiger charge is 2.38. The number of hydrogen-bond acceptors (Lipinski definition) is 4. The minimum atomic E-state index is 0.130. The minimum absolute atomic E-state index is 0.130. The number of fused-ring (bicyclic) bond motifs is 1. The molecule has 4 rings (SSSR count). The van der Waals surface area contributed by atoms with E-state index >= 15 is 0 Å². The Morgan fingerprint density at radius 2 is 2.13 bits per heavy atom. The summed E-state index contributed by atoms with van der Waals surface area (Å²) in [6, 6.07) is 9.97. The second-order valence-electron chi connectivity index (χ2n) is 6.13. The van der Waals surface area contributed by atoms with Crippen LogP contribution in [-0.4, -0.2) is 51.1 Å². The maximum atomic E-state index is 12.6. The monoisotopic (exact) mass is 312 g/mol. The van der Waals surface area contributed by atoms with Crippen LogP contribution in [0.5, 0.6) is 0 Å². The van der Waals surface area contributed by atoms with E-state index < -0.39 is 0 Å². The van der Waals surface area contributed by atoms with Crippen LogP contribution in [0.15, 0.2) is 36.5 Å². The number of aromatic nitrogens is 3. The molecule has 23 heavy (non-hydrogen) atoms. The summed E-state index contributed by atoms with van der Waals surface area (Å²) in [7, 11) is 0. The highest BCUT2D eigenvalue weighted by atomic mass is 16.5. The Hall–Kier alpha value is -2.21. The number of ether oxygens (including phenoxy) is 1. The third kappa shape index (κ3) is 2.86. The molecular formula is C17H20N4O2. The van der Waals surface area contributed by atoms with Gasteiger partial charge in [0.25, 0.3) is 0 Å². The van der Waals surface area contributed by atoms with E-state index in [1.165, 1.54) is 0 Å². The molecule has 1 saturated carbocycles. The standard InChI is InChI=1S/C17H20N4O2/c22-17(20-9-10-23-16-8-4-7-15(16)20)11-13-12-18-21(19-13)14-5-2-1-3-6-14/h1-3,5-6,12,15-16H,4,7-11H2/t15-,16+/m0/s1. The maximum absolute atomic E-state index is 12.6. The molecule has 2 heterocycles. The van der Waals surface area contributed by atoms with Crippen LogP contribution < -0.4 is 0 Å². The SMILES string of the molecule is O=C(Cc1cnn(-c2ccccc2)n1)N1CCO[C@@H]2CCC[C@@H]21. The molecule has 6 heteroatoms. The van der Waals surface area contributed by atoms with Crippen molar-refractivity contribution < 1.29 is 9.53 Å². The summed E-state index contributed by atoms with van der Waals surface area (Å²) < 4.78 is 5.77. The quantitative estimate of drug-likeness (QED) is 0.863. The molecule has 0 N–H and O–H groups in total. The zero-order chi connectivity index (χ0) is 15.6. The lowest BCUT2D eigenvalue weighted by Gasteiger charge is -2.37. The van der Waals surface area contributed by atoms with Gasteiger partial charge in [-0.25, -0.2) is 0 Å². The topological polar surface area (TPSA) is 60.2 Å². The Balaban J connectivity index is 1.46. The second kappa shape index (κ2) is 6.12. The maximum Gasteiger partial charge on any atom is 0.229 e. The fourth-order valence-electron chi connectivity index (χ4n) is 3.55. The largest absolute Gasteiger partial charge is 0.374 e. The lowest BCUT2D eigenvalue weighted by molar-refractivity contribution is -0.143. The summed E-state index contributed by atoms with van der Waals surface area (Å²) in [5.74, 6) is 0.130. The molecule has 2 atom stereocenters. The molecule has 0 unspecified atom stereocenters. The van der Waals surface area contributed by atoms with Crippen LogP contribution in [0.1, 0.15) is 25.0 Å². The first-order chi connectivity index (χ1) is 11.3. The normalized spacial score (nSPS) is 23.7. The van der Waals surface area contributed by atoms with Gasteiger partial charge in [-0.3, -0.25) is 4.79 Å². The average Bonchev–Trinajstić information content (AvgIpc) is 3.24. The van der Waals surface area contributed by atoms with Gasteiger partial charge >= 0.3 is 0 Å². The van der Waals surface area contributed by atoms with E-state index in [1.54, 1.807) is 11.0 Å². The molecule has 2 aromatic rings. The first kappa shape index (κ1) is 14.4. The number of amides is 1. The van der Waals surface area contributed by atoms with E-state index in [-0.39, 0.29) is 18.1 Å². The van der Waals surface area contributed by atoms with Gasteiger partial charge in [-0.05, 0) is 31.4 Å². The molecule has 1 aromatic heterocycles. The summed E-state index contributed by atoms with van der Waals surface area (Å²) in [4.78, 5) is 16.2. The third-order valence-electron chi connectivity index (χ3n) is 4.66. The molecule has 1 aliphatic carbocycles. The van der Waals surface area contributed by atoms with Gasteiger partial charge in [0, 0.05) is 6.54 Å². The van der Waals surface area contributed by atoms with Crippen LogP contribution >= 0.6 is 0 Å². The van der Waals surface area contributed by atoms with Crippen molar-refractivity contribution in [3.8, 4) is 5.69 Å². The molecule has 1 saturated heterocycles. The molecule has 1 amide bonds. The summed E-state index contributed by atoms with van der Waals surface area (Å²) in [6.45, 7) is 1.33. The lowest BCUT2D eigenvalue weighted by Crippen LogP contribution is -2.51. The lowest BCUT2D eigenvalue weighted by atomic mass is 10.1. The molecule has 6 nitrogen and oxygen atoms in total. The van der Waals surface area contributed by atoms with E-state index in [0.717, 1.165) is 24.9 Å². The smallest absolute Gasteiger partial charge is 0.229 e. The molecule has 0 spiro atoms. The Morgan fingerprint density at radius 1 is 1.26 bits per heavy atom. The first-order valence-electron chi connectivity index (χ1n) is 8.19. The van der Waals surface area contributed by atoms with Gasteiger partial charge in [0.05, 0.1) is 42.8 Å². The van der Waals surface area contributed by atoms with Crippen LogP contribution in [-0.2, 0) is 16.0 Å². The van der Waals surface area contributed by atoms with Crippen LogP contribution in [0, 0.1) is 0 Å². The van der Waals surface area contributed by atoms with Gasteiger partial charge in [-0.1, -0.05) is 18.2 Å². The molecule has 2 aliphatic rings. The van der Waals surface area contributed by atoms with Gasteiger partial charge in [0.15, 0.2) is 0 Å². The van der Waals surface area contributed by atoms with Crippen molar-refractivity contribution in [3.05, 3.63) is 42.2 Å². The van der Waals surface area contributed by atoms with Gasteiger partial charge in [0.2, 0.25) is 5.91 Å². The van der Waals surface area contributed by atoms with E-state index in [0.29, 0.717) is 25.3 Å². The van der Waals surface area contributed by atoms with Gasteiger partial charge < -0.3 is 9.64 Å². The number of morpholine rings is 1. The second-order valence-corrected chi connectivity index (χ2v) is 6.13. The number of hydrogen-bond donors (Lipinski definition) is 0. The van der Waals surface area contributed by atoms with Crippen LogP contribution in [0.2, 0.25) is 0 Å². The number of para-hydroxylation sites is 1. The number of nitrogens with zero attached hydrogens (tertiary/aromatic N) is 4. The molecule has 2 fully saturated rings. The summed E-state index contributed by atoms with van der Waals surface area (Å²) >= 11 is 0. The molecule has 120 valence electrons. The zero-order valence-corrected chi connectivity index (χ0v) is 13.0. The first-order valence-corrected chi connectivity index (χ1v) is 8.19. The Bertz CT molecular complexity index is 685. The van der Waals surface area contributed by atoms with Crippen molar-refractivity contribution in [1.82, 2.24) is 19.9 Å². The number of carbonyl (C=O) groups excluding carboxylic acids is 1. The van der Waals surface area contributed by atoms with Crippen LogP contribution in [0.4, 0.5) is 0 Å². The van der Waals surface area contributed by atoms with Crippen molar-refractivity contribution in [2.24, 2.45) is 0 Å². The zero-order valence-electron chi connectivity index (χ0n) is 13.0. The van der Waals surface area contributed by atoms with Crippen molar-refractivity contribution in [2.75, 3.05) is 13.2 Å². The molecule has 1 aliphatic heterocycles. The summed E-state index contributed by atoms with van der Waals surface area (Å²) in [6.07, 6.45) is 5.47. The predicted octanol–water partition coefficient (Wildman–Crippen LogP) is 1.59. The van der Waals surface area contributed by atoms with Gasteiger partial charge in [-0.15, -0.1) is 0 Å². The van der Waals surface area contributed by atoms with E-state index in [4.69, 9.17) is 4.74 Å². The minimum Gasteiger partial charge on any atom is -0.374 e. The molecule has 0 bridgehead atoms. The number of rotatable bonds is 3. The van der Waals surface area contributed by atoms with E-state index in [2.05, 4.69) is 10.2 Å². The summed E-state index contributed by atoms with van der Waals surface area (Å²) in [5.41, 5.74) is 1.60. The molecule has 1 aromatic carbocycles. The van der Waals surface area contributed by atoms with Crippen molar-refractivity contribution in [3.63, 3.8) is 0 Å². The number of carbonyl (C=O) groups is 1. The highest BCUT2D eigenvalue weighted by molar-refractivity contribution is 5.78. The van der Waals surface area contributed by atoms with Crippen molar-refractivity contribution >= 4 is 5.91 Å². The van der Waals surface area contributed by atoms with E-state index in [1.807, 2.05) is 35.2 Å². The van der Waals surface area contributed by atoms with Crippen molar-refractivity contribution in [2.45, 2.75) is 37.8 Å². The van der Waals surface area contributed by atoms with Gasteiger partial charge in [-0.2, -0.15) is 15.0 Å². The van der Waals surface area contributed by atoms with Crippen LogP contribution in [0.3, 0.4) is 0 Å². The fourth-order valence-corrected chi connectivity index (χ4v) is 3.55. The van der Waals surface area contributed by atoms with Crippen molar-refractivity contribution in [1.29, 1.82) is 0 Å². The summed E-state index contributed by atoms with van der Waals surface area (Å²) in [5, 5.41) is 8.69. The Labute approximate surface area is 135 Å². The van der Waals surface area contributed by atoms with Gasteiger partial charge in [0.1, 0.15) is 0 Å². The third-order valence-corrected chi connectivity index (χ3v) is 4.66.